The van der Waals surface area contributed by atoms with Gasteiger partial charge >= 0.3 is 0 Å². The van der Waals surface area contributed by atoms with Crippen molar-refractivity contribution in [3.63, 3.8) is 0 Å². The highest BCUT2D eigenvalue weighted by atomic mass is 35.5. The van der Waals surface area contributed by atoms with Crippen LogP contribution in [0.3, 0.4) is 0 Å². The van der Waals surface area contributed by atoms with E-state index in [4.69, 9.17) is 11.6 Å². The van der Waals surface area contributed by atoms with Crippen molar-refractivity contribution in [3.8, 4) is 0 Å². The standard InChI is InChI=1S/C9H14ClN3/c10-5-9-11-7-12-13(9)6-8-3-1-2-4-8/h7-8H,1-6H2. The minimum absolute atomic E-state index is 0.465. The number of hydrogen-bond acceptors (Lipinski definition) is 2. The van der Waals surface area contributed by atoms with Crippen molar-refractivity contribution in [3.05, 3.63) is 12.2 Å². The molecule has 1 aromatic heterocycles. The van der Waals surface area contributed by atoms with Crippen LogP contribution in [0.15, 0.2) is 6.33 Å². The highest BCUT2D eigenvalue weighted by molar-refractivity contribution is 6.16. The molecule has 0 atom stereocenters. The molecule has 3 nitrogen and oxygen atoms in total. The summed E-state index contributed by atoms with van der Waals surface area (Å²) in [7, 11) is 0. The van der Waals surface area contributed by atoms with Gasteiger partial charge in [-0.3, -0.25) is 0 Å². The molecule has 0 bridgehead atoms. The summed E-state index contributed by atoms with van der Waals surface area (Å²) in [6.45, 7) is 1.00. The van der Waals surface area contributed by atoms with Crippen LogP contribution in [0.25, 0.3) is 0 Å². The first-order valence-corrected chi connectivity index (χ1v) is 5.36. The monoisotopic (exact) mass is 199 g/mol. The van der Waals surface area contributed by atoms with Crippen LogP contribution in [0.2, 0.25) is 0 Å². The third-order valence-corrected chi connectivity index (χ3v) is 2.96. The fourth-order valence-corrected chi connectivity index (χ4v) is 2.19. The summed E-state index contributed by atoms with van der Waals surface area (Å²) in [4.78, 5) is 4.10. The predicted molar refractivity (Wildman–Crippen MR) is 51.5 cm³/mol. The SMILES string of the molecule is ClCc1ncnn1CC1CCCC1. The third-order valence-electron chi connectivity index (χ3n) is 2.72. The maximum absolute atomic E-state index is 5.74. The largest absolute Gasteiger partial charge is 0.249 e. The Morgan fingerprint density at radius 3 is 2.92 bits per heavy atom. The molecule has 1 aromatic rings. The predicted octanol–water partition coefficient (Wildman–Crippen LogP) is 2.21. The molecule has 0 aliphatic heterocycles. The van der Waals surface area contributed by atoms with E-state index in [9.17, 15) is 0 Å². The van der Waals surface area contributed by atoms with Crippen LogP contribution in [0.5, 0.6) is 0 Å². The zero-order chi connectivity index (χ0) is 9.10. The molecular formula is C9H14ClN3. The quantitative estimate of drug-likeness (QED) is 0.699. The van der Waals surface area contributed by atoms with Crippen molar-refractivity contribution in [2.45, 2.75) is 38.1 Å². The smallest absolute Gasteiger partial charge is 0.141 e. The lowest BCUT2D eigenvalue weighted by atomic mass is 10.1. The van der Waals surface area contributed by atoms with E-state index in [-0.39, 0.29) is 0 Å². The molecule has 0 spiro atoms. The highest BCUT2D eigenvalue weighted by Gasteiger charge is 2.16. The Morgan fingerprint density at radius 1 is 1.46 bits per heavy atom. The minimum Gasteiger partial charge on any atom is -0.249 e. The van der Waals surface area contributed by atoms with Crippen LogP contribution in [0.4, 0.5) is 0 Å². The zero-order valence-corrected chi connectivity index (χ0v) is 8.37. The molecule has 0 N–H and O–H groups in total. The molecule has 0 aromatic carbocycles. The van der Waals surface area contributed by atoms with Crippen LogP contribution in [-0.4, -0.2) is 14.8 Å². The number of nitrogens with zero attached hydrogens (tertiary/aromatic N) is 3. The summed E-state index contributed by atoms with van der Waals surface area (Å²) in [5, 5.41) is 4.17. The molecule has 1 saturated carbocycles. The van der Waals surface area contributed by atoms with Gasteiger partial charge in [0.1, 0.15) is 12.2 Å². The Labute approximate surface area is 83.1 Å². The summed E-state index contributed by atoms with van der Waals surface area (Å²) in [5.74, 6) is 2.16. The van der Waals surface area contributed by atoms with Gasteiger partial charge in [0.15, 0.2) is 0 Å². The molecule has 1 fully saturated rings. The number of halogens is 1. The second-order valence-electron chi connectivity index (χ2n) is 3.64. The highest BCUT2D eigenvalue weighted by Crippen LogP contribution is 2.26. The van der Waals surface area contributed by atoms with E-state index in [2.05, 4.69) is 10.1 Å². The van der Waals surface area contributed by atoms with E-state index in [0.29, 0.717) is 5.88 Å². The average molecular weight is 200 g/mol. The van der Waals surface area contributed by atoms with Gasteiger partial charge in [0.2, 0.25) is 0 Å². The van der Waals surface area contributed by atoms with Crippen LogP contribution in [0.1, 0.15) is 31.5 Å². The first-order valence-electron chi connectivity index (χ1n) is 4.83. The lowest BCUT2D eigenvalue weighted by Crippen LogP contribution is -2.11. The Kier molecular flexibility index (Phi) is 2.83. The van der Waals surface area contributed by atoms with Crippen molar-refractivity contribution in [2.75, 3.05) is 0 Å². The molecule has 4 heteroatoms. The summed E-state index contributed by atoms with van der Waals surface area (Å²) < 4.78 is 1.95. The van der Waals surface area contributed by atoms with Gasteiger partial charge in [-0.1, -0.05) is 12.8 Å². The van der Waals surface area contributed by atoms with Crippen molar-refractivity contribution in [2.24, 2.45) is 5.92 Å². The maximum Gasteiger partial charge on any atom is 0.141 e. The Morgan fingerprint density at radius 2 is 2.23 bits per heavy atom. The van der Waals surface area contributed by atoms with E-state index in [1.807, 2.05) is 4.68 Å². The fourth-order valence-electron chi connectivity index (χ4n) is 1.98. The van der Waals surface area contributed by atoms with E-state index < -0.39 is 0 Å². The van der Waals surface area contributed by atoms with E-state index in [1.165, 1.54) is 25.7 Å². The summed E-state index contributed by atoms with van der Waals surface area (Å²) >= 11 is 5.74. The Hall–Kier alpha value is -0.570. The maximum atomic E-state index is 5.74. The van der Waals surface area contributed by atoms with Gasteiger partial charge in [0.05, 0.1) is 5.88 Å². The van der Waals surface area contributed by atoms with E-state index in [1.54, 1.807) is 6.33 Å². The van der Waals surface area contributed by atoms with Crippen LogP contribution in [0, 0.1) is 5.92 Å². The molecule has 0 amide bonds. The summed E-state index contributed by atoms with van der Waals surface area (Å²) in [5.41, 5.74) is 0. The van der Waals surface area contributed by atoms with Gasteiger partial charge in [0.25, 0.3) is 0 Å². The van der Waals surface area contributed by atoms with Crippen molar-refractivity contribution < 1.29 is 0 Å². The van der Waals surface area contributed by atoms with Crippen molar-refractivity contribution in [1.82, 2.24) is 14.8 Å². The van der Waals surface area contributed by atoms with Gasteiger partial charge < -0.3 is 0 Å². The lowest BCUT2D eigenvalue weighted by molar-refractivity contribution is 0.421. The normalized spacial score (nSPS) is 18.2. The van der Waals surface area contributed by atoms with Crippen LogP contribution >= 0.6 is 11.6 Å². The molecule has 1 aliphatic rings. The molecule has 1 heterocycles. The minimum atomic E-state index is 0.465. The second-order valence-corrected chi connectivity index (χ2v) is 3.91. The zero-order valence-electron chi connectivity index (χ0n) is 7.62. The van der Waals surface area contributed by atoms with Crippen molar-refractivity contribution in [1.29, 1.82) is 0 Å². The topological polar surface area (TPSA) is 30.7 Å². The molecule has 0 unspecified atom stereocenters. The Bertz CT molecular complexity index is 266. The number of alkyl halides is 1. The van der Waals surface area contributed by atoms with Gasteiger partial charge in [0, 0.05) is 6.54 Å². The Balaban J connectivity index is 1.99. The van der Waals surface area contributed by atoms with Gasteiger partial charge in [-0.25, -0.2) is 9.67 Å². The second kappa shape index (κ2) is 4.09. The van der Waals surface area contributed by atoms with Crippen LogP contribution in [-0.2, 0) is 12.4 Å². The average Bonchev–Trinajstić information content (AvgIpc) is 2.76. The van der Waals surface area contributed by atoms with Crippen molar-refractivity contribution >= 4 is 11.6 Å². The fraction of sp³-hybridized carbons (Fsp3) is 0.778. The molecule has 2 rings (SSSR count). The molecule has 0 radical (unpaired) electrons. The first kappa shape index (κ1) is 9.00. The number of aromatic nitrogens is 3. The summed E-state index contributed by atoms with van der Waals surface area (Å²) in [6.07, 6.45) is 7.00. The van der Waals surface area contributed by atoms with Gasteiger partial charge in [-0.2, -0.15) is 5.10 Å². The van der Waals surface area contributed by atoms with Gasteiger partial charge in [-0.15, -0.1) is 11.6 Å². The molecule has 1 aliphatic carbocycles. The molecule has 0 saturated heterocycles. The first-order chi connectivity index (χ1) is 6.40. The molecular weight excluding hydrogens is 186 g/mol. The molecule has 72 valence electrons. The van der Waals surface area contributed by atoms with E-state index >= 15 is 0 Å². The summed E-state index contributed by atoms with van der Waals surface area (Å²) in [6, 6.07) is 0. The number of rotatable bonds is 3. The molecule has 13 heavy (non-hydrogen) atoms. The van der Waals surface area contributed by atoms with Crippen LogP contribution < -0.4 is 0 Å². The lowest BCUT2D eigenvalue weighted by Gasteiger charge is -2.09. The third kappa shape index (κ3) is 2.02. The van der Waals surface area contributed by atoms with Gasteiger partial charge in [-0.05, 0) is 18.8 Å². The van der Waals surface area contributed by atoms with E-state index in [0.717, 1.165) is 18.3 Å². The number of hydrogen-bond donors (Lipinski definition) is 0.